The topological polar surface area (TPSA) is 73.6 Å². The molecule has 0 bridgehead atoms. The minimum atomic E-state index is -4.77. The van der Waals surface area contributed by atoms with Gasteiger partial charge in [0.15, 0.2) is 5.76 Å². The second kappa shape index (κ2) is 9.40. The van der Waals surface area contributed by atoms with Crippen LogP contribution in [0.3, 0.4) is 0 Å². The summed E-state index contributed by atoms with van der Waals surface area (Å²) in [6.07, 6.45) is -3.17. The molecule has 1 amide bonds. The molecule has 148 valence electrons. The van der Waals surface area contributed by atoms with Crippen LogP contribution >= 0.6 is 0 Å². The number of benzene rings is 1. The van der Waals surface area contributed by atoms with Crippen molar-refractivity contribution >= 4 is 5.91 Å². The Bertz CT molecular complexity index is 742. The van der Waals surface area contributed by atoms with Gasteiger partial charge in [-0.05, 0) is 44.0 Å². The number of nitrogens with one attached hydrogen (secondary N) is 1. The number of alkyl halides is 3. The van der Waals surface area contributed by atoms with Crippen LogP contribution in [0.25, 0.3) is 11.3 Å². The number of ether oxygens (including phenoxy) is 2. The number of rotatable bonds is 9. The third kappa shape index (κ3) is 6.28. The average molecular weight is 386 g/mol. The van der Waals surface area contributed by atoms with Gasteiger partial charge in [0.25, 0.3) is 5.91 Å². The molecule has 0 spiro atoms. The molecule has 1 heterocycles. The van der Waals surface area contributed by atoms with Crippen LogP contribution in [0.5, 0.6) is 5.75 Å². The van der Waals surface area contributed by atoms with Crippen LogP contribution in [-0.4, -0.2) is 37.2 Å². The van der Waals surface area contributed by atoms with E-state index in [2.05, 4.69) is 15.2 Å². The van der Waals surface area contributed by atoms with Crippen molar-refractivity contribution in [3.8, 4) is 17.1 Å². The van der Waals surface area contributed by atoms with Gasteiger partial charge in [-0.3, -0.25) is 4.79 Å². The largest absolute Gasteiger partial charge is 0.573 e. The molecule has 0 aliphatic heterocycles. The minimum Gasteiger partial charge on any atom is -0.406 e. The summed E-state index contributed by atoms with van der Waals surface area (Å²) in [6.45, 7) is 5.28. The Morgan fingerprint density at radius 2 is 1.93 bits per heavy atom. The van der Waals surface area contributed by atoms with Gasteiger partial charge in [0.2, 0.25) is 0 Å². The van der Waals surface area contributed by atoms with Gasteiger partial charge in [-0.1, -0.05) is 12.1 Å². The summed E-state index contributed by atoms with van der Waals surface area (Å²) in [7, 11) is 0. The number of aromatic nitrogens is 1. The van der Waals surface area contributed by atoms with E-state index < -0.39 is 6.36 Å². The number of aryl methyl sites for hydroxylation is 1. The molecular weight excluding hydrogens is 365 g/mol. The zero-order valence-electron chi connectivity index (χ0n) is 15.1. The molecule has 9 heteroatoms. The molecular formula is C18H21F3N2O4. The predicted molar refractivity (Wildman–Crippen MR) is 91.4 cm³/mol. The number of hydrogen-bond acceptors (Lipinski definition) is 5. The highest BCUT2D eigenvalue weighted by Gasteiger charge is 2.31. The zero-order valence-corrected chi connectivity index (χ0v) is 15.1. The van der Waals surface area contributed by atoms with Crippen LogP contribution in [-0.2, 0) is 4.74 Å². The van der Waals surface area contributed by atoms with Gasteiger partial charge in [0.05, 0.1) is 5.69 Å². The molecule has 0 saturated carbocycles. The van der Waals surface area contributed by atoms with E-state index in [4.69, 9.17) is 9.26 Å². The molecule has 0 saturated heterocycles. The van der Waals surface area contributed by atoms with Gasteiger partial charge in [-0.15, -0.1) is 13.2 Å². The SMILES string of the molecule is CCCOCCCNC(=O)c1c(C)noc1-c1ccc(OC(F)(F)F)cc1. The van der Waals surface area contributed by atoms with Crippen molar-refractivity contribution in [3.63, 3.8) is 0 Å². The number of hydrogen-bond donors (Lipinski definition) is 1. The normalized spacial score (nSPS) is 11.4. The third-order valence-electron chi connectivity index (χ3n) is 3.54. The summed E-state index contributed by atoms with van der Waals surface area (Å²) >= 11 is 0. The van der Waals surface area contributed by atoms with Gasteiger partial charge >= 0.3 is 6.36 Å². The van der Waals surface area contributed by atoms with Crippen LogP contribution in [0.4, 0.5) is 13.2 Å². The van der Waals surface area contributed by atoms with Gasteiger partial charge in [0, 0.05) is 25.3 Å². The van der Waals surface area contributed by atoms with E-state index in [0.29, 0.717) is 37.4 Å². The van der Waals surface area contributed by atoms with E-state index in [1.54, 1.807) is 6.92 Å². The van der Waals surface area contributed by atoms with Crippen LogP contribution in [0.15, 0.2) is 28.8 Å². The predicted octanol–water partition coefficient (Wildman–Crippen LogP) is 4.10. The summed E-state index contributed by atoms with van der Waals surface area (Å²) in [5, 5.41) is 6.56. The molecule has 27 heavy (non-hydrogen) atoms. The van der Waals surface area contributed by atoms with Crippen LogP contribution in [0.2, 0.25) is 0 Å². The number of carbonyl (C=O) groups is 1. The molecule has 6 nitrogen and oxygen atoms in total. The monoisotopic (exact) mass is 386 g/mol. The van der Waals surface area contributed by atoms with Gasteiger partial charge in [-0.2, -0.15) is 0 Å². The van der Waals surface area contributed by atoms with Crippen molar-refractivity contribution in [1.29, 1.82) is 0 Å². The molecule has 2 rings (SSSR count). The number of nitrogens with zero attached hydrogens (tertiary/aromatic N) is 1. The highest BCUT2D eigenvalue weighted by molar-refractivity contribution is 6.00. The Balaban J connectivity index is 2.04. The first-order chi connectivity index (χ1) is 12.8. The molecule has 0 aliphatic carbocycles. The van der Waals surface area contributed by atoms with E-state index >= 15 is 0 Å². The summed E-state index contributed by atoms with van der Waals surface area (Å²) in [6, 6.07) is 5.04. The van der Waals surface area contributed by atoms with Crippen molar-refractivity contribution in [1.82, 2.24) is 10.5 Å². The molecule has 0 aliphatic rings. The first-order valence-electron chi connectivity index (χ1n) is 8.50. The lowest BCUT2D eigenvalue weighted by Gasteiger charge is -2.09. The van der Waals surface area contributed by atoms with Gasteiger partial charge in [0.1, 0.15) is 11.3 Å². The van der Waals surface area contributed by atoms with Crippen molar-refractivity contribution in [3.05, 3.63) is 35.5 Å². The molecule has 2 aromatic rings. The standard InChI is InChI=1S/C18H21F3N2O4/c1-3-10-25-11-4-9-22-17(24)15-12(2)23-27-16(15)13-5-7-14(8-6-13)26-18(19,20)21/h5-8H,3-4,9-11H2,1-2H3,(H,22,24). The molecule has 0 atom stereocenters. The van der Waals surface area contributed by atoms with E-state index in [-0.39, 0.29) is 23.0 Å². The first kappa shape index (κ1) is 20.8. The van der Waals surface area contributed by atoms with Gasteiger partial charge in [-0.25, -0.2) is 0 Å². The van der Waals surface area contributed by atoms with Crippen molar-refractivity contribution in [2.45, 2.75) is 33.1 Å². The summed E-state index contributed by atoms with van der Waals surface area (Å²) in [5.41, 5.74) is 1.05. The van der Waals surface area contributed by atoms with E-state index in [0.717, 1.165) is 18.6 Å². The fourth-order valence-corrected chi connectivity index (χ4v) is 2.35. The average Bonchev–Trinajstić information content (AvgIpc) is 2.99. The van der Waals surface area contributed by atoms with Crippen molar-refractivity contribution in [2.75, 3.05) is 19.8 Å². The van der Waals surface area contributed by atoms with Crippen LogP contribution in [0, 0.1) is 6.92 Å². The Labute approximate surface area is 154 Å². The number of carbonyl (C=O) groups excluding carboxylic acids is 1. The third-order valence-corrected chi connectivity index (χ3v) is 3.54. The number of amides is 1. The molecule has 0 unspecified atom stereocenters. The smallest absolute Gasteiger partial charge is 0.406 e. The minimum absolute atomic E-state index is 0.186. The van der Waals surface area contributed by atoms with Crippen LogP contribution < -0.4 is 10.1 Å². The lowest BCUT2D eigenvalue weighted by atomic mass is 10.1. The summed E-state index contributed by atoms with van der Waals surface area (Å²) in [5.74, 6) is -0.541. The molecule has 1 aromatic heterocycles. The second-order valence-corrected chi connectivity index (χ2v) is 5.77. The Kier molecular flexibility index (Phi) is 7.23. The van der Waals surface area contributed by atoms with E-state index in [9.17, 15) is 18.0 Å². The lowest BCUT2D eigenvalue weighted by Crippen LogP contribution is -2.26. The quantitative estimate of drug-likeness (QED) is 0.657. The molecule has 0 radical (unpaired) electrons. The van der Waals surface area contributed by atoms with E-state index in [1.807, 2.05) is 6.92 Å². The van der Waals surface area contributed by atoms with Crippen LogP contribution in [0.1, 0.15) is 35.8 Å². The Morgan fingerprint density at radius 3 is 2.56 bits per heavy atom. The van der Waals surface area contributed by atoms with Gasteiger partial charge < -0.3 is 19.3 Å². The summed E-state index contributed by atoms with van der Waals surface area (Å²) in [4.78, 5) is 12.4. The Morgan fingerprint density at radius 1 is 1.22 bits per heavy atom. The highest BCUT2D eigenvalue weighted by atomic mass is 19.4. The first-order valence-corrected chi connectivity index (χ1v) is 8.50. The summed E-state index contributed by atoms with van der Waals surface area (Å²) < 4.78 is 51.1. The fraction of sp³-hybridized carbons (Fsp3) is 0.444. The molecule has 1 N–H and O–H groups in total. The lowest BCUT2D eigenvalue weighted by molar-refractivity contribution is -0.274. The zero-order chi connectivity index (χ0) is 19.9. The fourth-order valence-electron chi connectivity index (χ4n) is 2.35. The van der Waals surface area contributed by atoms with Crippen molar-refractivity contribution in [2.24, 2.45) is 0 Å². The maximum atomic E-state index is 12.4. The highest BCUT2D eigenvalue weighted by Crippen LogP contribution is 2.29. The second-order valence-electron chi connectivity index (χ2n) is 5.77. The molecule has 0 fully saturated rings. The van der Waals surface area contributed by atoms with E-state index in [1.165, 1.54) is 12.1 Å². The Hall–Kier alpha value is -2.55. The molecule has 1 aromatic carbocycles. The number of halogens is 3. The maximum absolute atomic E-state index is 12.4. The van der Waals surface area contributed by atoms with Crippen molar-refractivity contribution < 1.29 is 32.0 Å². The maximum Gasteiger partial charge on any atom is 0.573 e.